The zero-order chi connectivity index (χ0) is 12.3. The fourth-order valence-electron chi connectivity index (χ4n) is 2.32. The van der Waals surface area contributed by atoms with Crippen LogP contribution < -0.4 is 5.32 Å². The molecule has 1 fully saturated rings. The molecule has 1 aromatic rings. The summed E-state index contributed by atoms with van der Waals surface area (Å²) in [6.45, 7) is 2.47. The normalized spacial score (nSPS) is 23.6. The number of anilines is 1. The van der Waals surface area contributed by atoms with Crippen LogP contribution in [0, 0.1) is 5.92 Å². The van der Waals surface area contributed by atoms with E-state index in [9.17, 15) is 9.90 Å². The average molecular weight is 233 g/mol. The van der Waals surface area contributed by atoms with E-state index in [0.29, 0.717) is 5.92 Å². The molecule has 3 heteroatoms. The Bertz CT molecular complexity index is 386. The van der Waals surface area contributed by atoms with Gasteiger partial charge >= 0.3 is 0 Å². The zero-order valence-electron chi connectivity index (χ0n) is 10.1. The maximum atomic E-state index is 11.1. The first kappa shape index (κ1) is 12.1. The highest BCUT2D eigenvalue weighted by atomic mass is 16.3. The standard InChI is InChI=1S/C14H19NO2/c1-10(16)12-3-5-13(6-4-12)15-9-11-2-7-14(17)8-11/h3-6,11,14-15,17H,2,7-9H2,1H3. The Labute approximate surface area is 102 Å². The molecule has 2 atom stereocenters. The number of hydrogen-bond acceptors (Lipinski definition) is 3. The fraction of sp³-hybridized carbons (Fsp3) is 0.500. The maximum absolute atomic E-state index is 11.1. The molecule has 1 saturated carbocycles. The number of ketones is 1. The molecule has 0 saturated heterocycles. The van der Waals surface area contributed by atoms with Gasteiger partial charge in [-0.15, -0.1) is 0 Å². The van der Waals surface area contributed by atoms with Gasteiger partial charge in [-0.3, -0.25) is 4.79 Å². The summed E-state index contributed by atoms with van der Waals surface area (Å²) in [5.74, 6) is 0.660. The van der Waals surface area contributed by atoms with Crippen molar-refractivity contribution >= 4 is 11.5 Å². The molecule has 3 nitrogen and oxygen atoms in total. The summed E-state index contributed by atoms with van der Waals surface area (Å²) >= 11 is 0. The van der Waals surface area contributed by atoms with E-state index in [1.165, 1.54) is 0 Å². The number of carbonyl (C=O) groups excluding carboxylic acids is 1. The summed E-state index contributed by atoms with van der Waals surface area (Å²) < 4.78 is 0. The number of nitrogens with one attached hydrogen (secondary N) is 1. The molecule has 2 rings (SSSR count). The van der Waals surface area contributed by atoms with Crippen LogP contribution in [0.4, 0.5) is 5.69 Å². The number of benzene rings is 1. The molecule has 0 aliphatic heterocycles. The summed E-state index contributed by atoms with van der Waals surface area (Å²) in [5, 5.41) is 12.8. The average Bonchev–Trinajstić information content (AvgIpc) is 2.73. The third-order valence-corrected chi connectivity index (χ3v) is 3.40. The molecule has 1 aliphatic rings. The van der Waals surface area contributed by atoms with Crippen molar-refractivity contribution in [2.24, 2.45) is 5.92 Å². The molecule has 0 radical (unpaired) electrons. The van der Waals surface area contributed by atoms with Gasteiger partial charge in [0.05, 0.1) is 6.10 Å². The van der Waals surface area contributed by atoms with Crippen molar-refractivity contribution in [1.82, 2.24) is 0 Å². The summed E-state index contributed by atoms with van der Waals surface area (Å²) in [4.78, 5) is 11.1. The highest BCUT2D eigenvalue weighted by molar-refractivity contribution is 5.94. The van der Waals surface area contributed by atoms with Gasteiger partial charge in [0.1, 0.15) is 0 Å². The molecule has 0 amide bonds. The molecule has 0 aromatic heterocycles. The Balaban J connectivity index is 1.85. The predicted octanol–water partition coefficient (Wildman–Crippen LogP) is 2.46. The van der Waals surface area contributed by atoms with Crippen molar-refractivity contribution in [1.29, 1.82) is 0 Å². The highest BCUT2D eigenvalue weighted by Gasteiger charge is 2.22. The van der Waals surface area contributed by atoms with Gasteiger partial charge in [-0.2, -0.15) is 0 Å². The minimum atomic E-state index is -0.109. The van der Waals surface area contributed by atoms with E-state index in [1.54, 1.807) is 6.92 Å². The molecular formula is C14H19NO2. The van der Waals surface area contributed by atoms with Crippen molar-refractivity contribution in [3.05, 3.63) is 29.8 Å². The van der Waals surface area contributed by atoms with Crippen LogP contribution in [0.1, 0.15) is 36.5 Å². The summed E-state index contributed by atoms with van der Waals surface area (Å²) in [6, 6.07) is 7.55. The Kier molecular flexibility index (Phi) is 3.79. The third-order valence-electron chi connectivity index (χ3n) is 3.40. The lowest BCUT2D eigenvalue weighted by atomic mass is 10.1. The van der Waals surface area contributed by atoms with Gasteiger partial charge in [-0.25, -0.2) is 0 Å². The van der Waals surface area contributed by atoms with E-state index in [4.69, 9.17) is 0 Å². The lowest BCUT2D eigenvalue weighted by Gasteiger charge is -2.12. The first-order valence-electron chi connectivity index (χ1n) is 6.18. The van der Waals surface area contributed by atoms with Crippen molar-refractivity contribution in [2.75, 3.05) is 11.9 Å². The summed E-state index contributed by atoms with van der Waals surface area (Å²) in [6.07, 6.45) is 2.82. The fourth-order valence-corrected chi connectivity index (χ4v) is 2.32. The van der Waals surface area contributed by atoms with Gasteiger partial charge in [0.25, 0.3) is 0 Å². The van der Waals surface area contributed by atoms with Gasteiger partial charge in [-0.1, -0.05) is 0 Å². The van der Waals surface area contributed by atoms with Crippen LogP contribution in [-0.2, 0) is 0 Å². The van der Waals surface area contributed by atoms with Crippen molar-refractivity contribution in [3.8, 4) is 0 Å². The predicted molar refractivity (Wildman–Crippen MR) is 68.3 cm³/mol. The molecule has 1 aliphatic carbocycles. The number of Topliss-reactive ketones (excluding diaryl/α,β-unsaturated/α-hetero) is 1. The molecule has 0 spiro atoms. The van der Waals surface area contributed by atoms with Gasteiger partial charge < -0.3 is 10.4 Å². The second-order valence-electron chi connectivity index (χ2n) is 4.85. The first-order chi connectivity index (χ1) is 8.15. The second kappa shape index (κ2) is 5.32. The largest absolute Gasteiger partial charge is 0.393 e. The molecule has 2 N–H and O–H groups in total. The topological polar surface area (TPSA) is 49.3 Å². The number of aliphatic hydroxyl groups excluding tert-OH is 1. The van der Waals surface area contributed by atoms with Gasteiger partial charge in [0.2, 0.25) is 0 Å². The Hall–Kier alpha value is -1.35. The molecular weight excluding hydrogens is 214 g/mol. The van der Waals surface area contributed by atoms with Gasteiger partial charge in [0.15, 0.2) is 5.78 Å². The van der Waals surface area contributed by atoms with Crippen molar-refractivity contribution in [2.45, 2.75) is 32.3 Å². The van der Waals surface area contributed by atoms with E-state index in [-0.39, 0.29) is 11.9 Å². The molecule has 0 bridgehead atoms. The van der Waals surface area contributed by atoms with E-state index in [2.05, 4.69) is 5.32 Å². The van der Waals surface area contributed by atoms with Crippen LogP contribution in [0.15, 0.2) is 24.3 Å². The lowest BCUT2D eigenvalue weighted by Crippen LogP contribution is -2.12. The molecule has 1 aromatic carbocycles. The maximum Gasteiger partial charge on any atom is 0.159 e. The number of hydrogen-bond donors (Lipinski definition) is 2. The van der Waals surface area contributed by atoms with Crippen LogP contribution in [0.3, 0.4) is 0 Å². The first-order valence-corrected chi connectivity index (χ1v) is 6.18. The Morgan fingerprint density at radius 2 is 2.06 bits per heavy atom. The van der Waals surface area contributed by atoms with Crippen molar-refractivity contribution < 1.29 is 9.90 Å². The SMILES string of the molecule is CC(=O)c1ccc(NCC2CCC(O)C2)cc1. The van der Waals surface area contributed by atoms with Crippen LogP contribution in [0.25, 0.3) is 0 Å². The number of carbonyl (C=O) groups is 1. The number of aliphatic hydroxyl groups is 1. The number of rotatable bonds is 4. The van der Waals surface area contributed by atoms with E-state index in [1.807, 2.05) is 24.3 Å². The Morgan fingerprint density at radius 3 is 2.59 bits per heavy atom. The lowest BCUT2D eigenvalue weighted by molar-refractivity contribution is 0.101. The van der Waals surface area contributed by atoms with Crippen LogP contribution >= 0.6 is 0 Å². The molecule has 92 valence electrons. The monoisotopic (exact) mass is 233 g/mol. The molecule has 0 heterocycles. The zero-order valence-corrected chi connectivity index (χ0v) is 10.1. The van der Waals surface area contributed by atoms with Gasteiger partial charge in [-0.05, 0) is 56.4 Å². The van der Waals surface area contributed by atoms with Crippen molar-refractivity contribution in [3.63, 3.8) is 0 Å². The minimum Gasteiger partial charge on any atom is -0.393 e. The van der Waals surface area contributed by atoms with E-state index < -0.39 is 0 Å². The quantitative estimate of drug-likeness (QED) is 0.785. The summed E-state index contributed by atoms with van der Waals surface area (Å²) in [5.41, 5.74) is 1.78. The van der Waals surface area contributed by atoms with E-state index in [0.717, 1.165) is 37.1 Å². The van der Waals surface area contributed by atoms with Crippen LogP contribution in [0.2, 0.25) is 0 Å². The van der Waals surface area contributed by atoms with Crippen LogP contribution in [0.5, 0.6) is 0 Å². The second-order valence-corrected chi connectivity index (χ2v) is 4.85. The minimum absolute atomic E-state index is 0.0930. The van der Waals surface area contributed by atoms with Crippen LogP contribution in [-0.4, -0.2) is 23.5 Å². The third kappa shape index (κ3) is 3.30. The molecule has 17 heavy (non-hydrogen) atoms. The summed E-state index contributed by atoms with van der Waals surface area (Å²) in [7, 11) is 0. The Morgan fingerprint density at radius 1 is 1.35 bits per heavy atom. The smallest absolute Gasteiger partial charge is 0.159 e. The highest BCUT2D eigenvalue weighted by Crippen LogP contribution is 2.25. The van der Waals surface area contributed by atoms with Gasteiger partial charge in [0, 0.05) is 17.8 Å². The molecule has 2 unspecified atom stereocenters. The van der Waals surface area contributed by atoms with E-state index >= 15 is 0 Å².